The van der Waals surface area contributed by atoms with Gasteiger partial charge in [-0.3, -0.25) is 0 Å². The van der Waals surface area contributed by atoms with Gasteiger partial charge in [0.25, 0.3) is 0 Å². The Bertz CT molecular complexity index is 1170. The van der Waals surface area contributed by atoms with Crippen LogP contribution in [0.5, 0.6) is 0 Å². The molecule has 1 aliphatic heterocycles. The molecule has 9 heteroatoms. The van der Waals surface area contributed by atoms with E-state index in [1.165, 1.54) is 6.08 Å². The van der Waals surface area contributed by atoms with Crippen LogP contribution in [-0.4, -0.2) is 85.6 Å². The first-order chi connectivity index (χ1) is 22.5. The van der Waals surface area contributed by atoms with Gasteiger partial charge in [-0.25, -0.2) is 4.79 Å². The molecular weight excluding hydrogens is 600 g/mol. The maximum absolute atomic E-state index is 10.7. The van der Waals surface area contributed by atoms with Crippen LogP contribution in [0, 0.1) is 11.8 Å². The van der Waals surface area contributed by atoms with Crippen molar-refractivity contribution in [3.63, 3.8) is 0 Å². The first kappa shape index (κ1) is 41.6. The van der Waals surface area contributed by atoms with Crippen LogP contribution in [-0.2, 0) is 14.3 Å². The summed E-state index contributed by atoms with van der Waals surface area (Å²) in [6, 6.07) is 0. The molecule has 0 radical (unpaired) electrons. The number of rotatable bonds is 20. The van der Waals surface area contributed by atoms with Gasteiger partial charge in [0.05, 0.1) is 24.4 Å². The van der Waals surface area contributed by atoms with Crippen molar-refractivity contribution in [2.45, 2.75) is 96.0 Å². The largest absolute Gasteiger partial charge is 0.478 e. The van der Waals surface area contributed by atoms with Crippen LogP contribution in [0.25, 0.3) is 0 Å². The molecule has 260 valence electrons. The highest BCUT2D eigenvalue weighted by atomic mass is 16.7. The number of aliphatic hydroxyl groups is 5. The minimum absolute atomic E-state index is 0.109. The molecule has 0 aromatic carbocycles. The number of hydrogen-bond acceptors (Lipinski definition) is 8. The third kappa shape index (κ3) is 18.5. The number of unbranched alkanes of at least 4 members (excludes halogenated alkanes) is 1. The van der Waals surface area contributed by atoms with Gasteiger partial charge in [-0.2, -0.15) is 0 Å². The number of aliphatic carboxylic acids is 1. The van der Waals surface area contributed by atoms with E-state index in [9.17, 15) is 30.3 Å². The van der Waals surface area contributed by atoms with Crippen molar-refractivity contribution in [2.24, 2.45) is 11.8 Å². The molecular formula is C38H54O9. The van der Waals surface area contributed by atoms with E-state index in [0.717, 1.165) is 18.9 Å². The molecule has 0 bridgehead atoms. The second-order valence-electron chi connectivity index (χ2n) is 11.4. The number of allylic oxidation sites excluding steroid dienone is 16. The minimum Gasteiger partial charge on any atom is -0.478 e. The van der Waals surface area contributed by atoms with Crippen molar-refractivity contribution in [1.82, 2.24) is 0 Å². The monoisotopic (exact) mass is 654 g/mol. The molecule has 6 N–H and O–H groups in total. The van der Waals surface area contributed by atoms with Crippen molar-refractivity contribution < 1.29 is 44.9 Å². The summed E-state index contributed by atoms with van der Waals surface area (Å²) < 4.78 is 11.1. The molecule has 0 spiro atoms. The number of carboxylic acids is 1. The van der Waals surface area contributed by atoms with E-state index in [1.54, 1.807) is 37.3 Å². The summed E-state index contributed by atoms with van der Waals surface area (Å²) in [5, 5.41) is 59.4. The fraction of sp³-hybridized carbons (Fsp3) is 0.447. The Morgan fingerprint density at radius 2 is 1.23 bits per heavy atom. The number of carbonyl (C=O) groups is 1. The number of aliphatic hydroxyl groups excluding tert-OH is 5. The Hall–Kier alpha value is -3.41. The number of carboxylic acid groups (broad SMARTS) is 1. The highest BCUT2D eigenvalue weighted by molar-refractivity contribution is 5.80. The average molecular weight is 655 g/mol. The summed E-state index contributed by atoms with van der Waals surface area (Å²) >= 11 is 0. The number of hydrogen-bond donors (Lipinski definition) is 6. The highest BCUT2D eigenvalue weighted by Crippen LogP contribution is 2.23. The standard InChI is InChI=1S/C38H54O9/c1-28(24-20-16-12-8-5-6-11-15-19-23-27-33(40)41)34(42)30(3)32(39)26-22-18-14-10-7-9-13-17-21-25-29(2)46-38-37(45)36(44)35(43)31(4)47-38/h5-11,13-15,17-24,26-32,34-39,42-45H,12,16,25H2,1-4H3,(H,40,41)/b8-5+,10-7+,11-6+,13-9+,18-14+,19-15+,21-17+,24-20+,26-22+,27-23+. The summed E-state index contributed by atoms with van der Waals surface area (Å²) in [7, 11) is 0. The highest BCUT2D eigenvalue weighted by Gasteiger charge is 2.42. The molecule has 1 rings (SSSR count). The van der Waals surface area contributed by atoms with E-state index < -0.39 is 48.9 Å². The maximum atomic E-state index is 10.7. The predicted molar refractivity (Wildman–Crippen MR) is 186 cm³/mol. The third-order valence-electron chi connectivity index (χ3n) is 7.35. The van der Waals surface area contributed by atoms with Crippen molar-refractivity contribution in [2.75, 3.05) is 0 Å². The summed E-state index contributed by atoms with van der Waals surface area (Å²) in [4.78, 5) is 10.4. The smallest absolute Gasteiger partial charge is 0.328 e. The van der Waals surface area contributed by atoms with Gasteiger partial charge >= 0.3 is 5.97 Å². The zero-order valence-corrected chi connectivity index (χ0v) is 27.8. The van der Waals surface area contributed by atoms with Gasteiger partial charge in [0.1, 0.15) is 18.3 Å². The molecule has 10 atom stereocenters. The molecule has 0 aliphatic carbocycles. The molecule has 1 aliphatic rings. The van der Waals surface area contributed by atoms with E-state index in [1.807, 2.05) is 99.8 Å². The SMILES string of the molecule is CC(C/C=C/C=C/C=C/C=C/C=C/C(O)C(C)C(O)C(C)/C=C/CC/C=C/C=C/C=C/C=C/C(=O)O)OC1OC(C)C(O)C(O)C1O. The lowest BCUT2D eigenvalue weighted by Gasteiger charge is -2.39. The van der Waals surface area contributed by atoms with Crippen molar-refractivity contribution in [3.8, 4) is 0 Å². The van der Waals surface area contributed by atoms with Crippen LogP contribution in [0.15, 0.2) is 122 Å². The minimum atomic E-state index is -1.32. The average Bonchev–Trinajstić information content (AvgIpc) is 3.04. The summed E-state index contributed by atoms with van der Waals surface area (Å²) in [5.41, 5.74) is 0. The molecule has 0 amide bonds. The van der Waals surface area contributed by atoms with Crippen LogP contribution in [0.4, 0.5) is 0 Å². The molecule has 0 aromatic rings. The summed E-state index contributed by atoms with van der Waals surface area (Å²) in [6.45, 7) is 7.20. The Morgan fingerprint density at radius 3 is 1.85 bits per heavy atom. The van der Waals surface area contributed by atoms with Crippen LogP contribution in [0.1, 0.15) is 47.0 Å². The van der Waals surface area contributed by atoms with E-state index in [4.69, 9.17) is 14.6 Å². The van der Waals surface area contributed by atoms with Gasteiger partial charge in [0.15, 0.2) is 6.29 Å². The molecule has 1 fully saturated rings. The Morgan fingerprint density at radius 1 is 0.702 bits per heavy atom. The molecule has 0 saturated carbocycles. The normalized spacial score (nSPS) is 26.6. The Labute approximate surface area is 279 Å². The zero-order valence-electron chi connectivity index (χ0n) is 27.8. The van der Waals surface area contributed by atoms with Gasteiger partial charge in [0, 0.05) is 17.9 Å². The molecule has 47 heavy (non-hydrogen) atoms. The maximum Gasteiger partial charge on any atom is 0.328 e. The van der Waals surface area contributed by atoms with Gasteiger partial charge in [-0.1, -0.05) is 129 Å². The molecule has 10 unspecified atom stereocenters. The first-order valence-electron chi connectivity index (χ1n) is 16.1. The number of ether oxygens (including phenoxy) is 2. The Kier molecular flexibility index (Phi) is 21.9. The summed E-state index contributed by atoms with van der Waals surface area (Å²) in [6.07, 6.45) is 30.9. The first-order valence-corrected chi connectivity index (χ1v) is 16.1. The zero-order chi connectivity index (χ0) is 35.0. The lowest BCUT2D eigenvalue weighted by molar-refractivity contribution is -0.302. The van der Waals surface area contributed by atoms with Crippen LogP contribution < -0.4 is 0 Å². The van der Waals surface area contributed by atoms with E-state index in [-0.39, 0.29) is 17.9 Å². The lowest BCUT2D eigenvalue weighted by atomic mass is 9.88. The van der Waals surface area contributed by atoms with E-state index >= 15 is 0 Å². The van der Waals surface area contributed by atoms with Crippen LogP contribution in [0.3, 0.4) is 0 Å². The third-order valence-corrected chi connectivity index (χ3v) is 7.35. The van der Waals surface area contributed by atoms with Gasteiger partial charge in [-0.05, 0) is 33.1 Å². The topological polar surface area (TPSA) is 157 Å². The molecule has 1 heterocycles. The van der Waals surface area contributed by atoms with Crippen molar-refractivity contribution >= 4 is 5.97 Å². The predicted octanol–water partition coefficient (Wildman–Crippen LogP) is 5.03. The molecule has 1 saturated heterocycles. The van der Waals surface area contributed by atoms with Crippen molar-refractivity contribution in [3.05, 3.63) is 122 Å². The van der Waals surface area contributed by atoms with Crippen LogP contribution in [0.2, 0.25) is 0 Å². The molecule has 0 aromatic heterocycles. The van der Waals surface area contributed by atoms with E-state index in [0.29, 0.717) is 6.42 Å². The van der Waals surface area contributed by atoms with Gasteiger partial charge < -0.3 is 40.1 Å². The van der Waals surface area contributed by atoms with Gasteiger partial charge in [0.2, 0.25) is 0 Å². The quantitative estimate of drug-likeness (QED) is 0.0459. The lowest BCUT2D eigenvalue weighted by Crippen LogP contribution is -2.57. The van der Waals surface area contributed by atoms with Gasteiger partial charge in [-0.15, -0.1) is 0 Å². The fourth-order valence-corrected chi connectivity index (χ4v) is 4.36. The fourth-order valence-electron chi connectivity index (χ4n) is 4.36. The Balaban J connectivity index is 2.31. The summed E-state index contributed by atoms with van der Waals surface area (Å²) in [5.74, 6) is -1.43. The van der Waals surface area contributed by atoms with Crippen molar-refractivity contribution in [1.29, 1.82) is 0 Å². The molecule has 9 nitrogen and oxygen atoms in total. The second-order valence-corrected chi connectivity index (χ2v) is 11.4. The van der Waals surface area contributed by atoms with Crippen LogP contribution >= 0.6 is 0 Å². The van der Waals surface area contributed by atoms with E-state index in [2.05, 4.69) is 0 Å². The second kappa shape index (κ2) is 24.7.